The van der Waals surface area contributed by atoms with Gasteiger partial charge in [0.2, 0.25) is 0 Å². The zero-order chi connectivity index (χ0) is 45.3. The van der Waals surface area contributed by atoms with Gasteiger partial charge in [0.05, 0.1) is 25.3 Å². The number of imidazole rings is 4. The third-order valence-corrected chi connectivity index (χ3v) is 8.31. The van der Waals surface area contributed by atoms with Crippen LogP contribution in [-0.2, 0) is 16.5 Å². The van der Waals surface area contributed by atoms with Crippen molar-refractivity contribution in [2.75, 3.05) is 0 Å². The van der Waals surface area contributed by atoms with Crippen molar-refractivity contribution in [3.8, 4) is 22.7 Å². The summed E-state index contributed by atoms with van der Waals surface area (Å²) in [6.07, 6.45) is 21.2. The van der Waals surface area contributed by atoms with Gasteiger partial charge in [-0.3, -0.25) is 19.2 Å². The van der Waals surface area contributed by atoms with Crippen molar-refractivity contribution in [3.05, 3.63) is 205 Å². The Bertz CT molecular complexity index is 2280. The number of carbonyl (C=O) groups is 4. The van der Waals surface area contributed by atoms with Gasteiger partial charge in [-0.2, -0.15) is 10.3 Å². The maximum absolute atomic E-state index is 11.0. The van der Waals surface area contributed by atoms with E-state index in [1.165, 1.54) is 10.3 Å². The van der Waals surface area contributed by atoms with Gasteiger partial charge in [-0.15, -0.1) is 0 Å². The van der Waals surface area contributed by atoms with Crippen LogP contribution in [0.2, 0.25) is 0 Å². The average Bonchev–Trinajstić information content (AvgIpc) is 4.15. The van der Waals surface area contributed by atoms with Gasteiger partial charge in [0.15, 0.2) is 23.1 Å². The monoisotopic (exact) mass is 918 g/mol. The summed E-state index contributed by atoms with van der Waals surface area (Å²) < 4.78 is 7.57. The number of hydrogen-bond donors (Lipinski definition) is 0. The molecule has 0 aliphatic rings. The van der Waals surface area contributed by atoms with Crippen molar-refractivity contribution in [2.45, 2.75) is 27.7 Å². The Balaban J connectivity index is 0.000000275. The molecule has 0 spiro atoms. The maximum atomic E-state index is 11.0. The standard InChI is InChI=1S/4C11H10N2O.2CNS.Ni/c4*1-9(14)10-2-4-11(5-3-10)13-7-6-12-8-13;2*2-1-3;/h4*2-8H,1H3;;;/q;;;;2*-1;+2. The molecule has 0 bridgehead atoms. The van der Waals surface area contributed by atoms with E-state index >= 15 is 0 Å². The second-order valence-electron chi connectivity index (χ2n) is 12.5. The fourth-order valence-electron chi connectivity index (χ4n) is 5.12. The molecule has 0 atom stereocenters. The van der Waals surface area contributed by atoms with Gasteiger partial charge in [0.25, 0.3) is 0 Å². The van der Waals surface area contributed by atoms with E-state index in [-0.39, 0.29) is 39.6 Å². The molecule has 0 saturated heterocycles. The number of hydrogen-bond acceptors (Lipinski definition) is 10. The summed E-state index contributed by atoms with van der Waals surface area (Å²) in [4.78, 5) is 59.9. The van der Waals surface area contributed by atoms with E-state index in [1.54, 1.807) is 77.8 Å². The maximum Gasteiger partial charge on any atom is 2.00 e. The zero-order valence-corrected chi connectivity index (χ0v) is 37.0. The number of carbonyl (C=O) groups excluding carboxylic acids is 4. The van der Waals surface area contributed by atoms with Gasteiger partial charge >= 0.3 is 16.5 Å². The van der Waals surface area contributed by atoms with E-state index in [2.05, 4.69) is 44.4 Å². The molecule has 0 N–H and O–H groups in total. The van der Waals surface area contributed by atoms with Crippen LogP contribution in [0.4, 0.5) is 0 Å². The minimum Gasteiger partial charge on any atom is -0.753 e. The van der Waals surface area contributed by atoms with Crippen LogP contribution in [0.25, 0.3) is 33.6 Å². The predicted octanol–water partition coefficient (Wildman–Crippen LogP) is 9.61. The summed E-state index contributed by atoms with van der Waals surface area (Å²) in [5.74, 6) is 0.341. The van der Waals surface area contributed by atoms with E-state index in [0.29, 0.717) is 0 Å². The van der Waals surface area contributed by atoms with Crippen molar-refractivity contribution in [3.63, 3.8) is 0 Å². The minimum absolute atomic E-state index is 0. The van der Waals surface area contributed by atoms with E-state index in [9.17, 15) is 19.2 Å². The molecule has 0 aliphatic carbocycles. The SMILES string of the molecule is CC(=O)c1ccc(-n2ccnc2)cc1.CC(=O)c1ccc(-n2ccnc2)cc1.CC(=O)c1ccc(-n2ccnc2)cc1.CC(=O)c1ccc(-n2ccnc2)cc1.[N-]=C=S.[N-]=C=S.[Ni+2]. The van der Waals surface area contributed by atoms with Crippen LogP contribution in [0.5, 0.6) is 0 Å². The first-order chi connectivity index (χ1) is 29.9. The van der Waals surface area contributed by atoms with Gasteiger partial charge < -0.3 is 29.1 Å². The molecule has 0 saturated carbocycles. The Labute approximate surface area is 385 Å². The number of ketones is 4. The molecular formula is C46H40N10NiO4S2. The normalized spacial score (nSPS) is 9.21. The van der Waals surface area contributed by atoms with E-state index < -0.39 is 0 Å². The molecule has 17 heteroatoms. The van der Waals surface area contributed by atoms with Crippen LogP contribution in [0.3, 0.4) is 0 Å². The number of rotatable bonds is 8. The Kier molecular flexibility index (Phi) is 23.0. The summed E-state index contributed by atoms with van der Waals surface area (Å²) in [6, 6.07) is 29.7. The van der Waals surface area contributed by atoms with Crippen molar-refractivity contribution in [1.82, 2.24) is 38.2 Å². The molecule has 0 fully saturated rings. The van der Waals surface area contributed by atoms with Gasteiger partial charge in [-0.05, 0) is 125 Å². The third-order valence-electron chi connectivity index (χ3n) is 8.31. The molecule has 0 radical (unpaired) electrons. The molecule has 4 aromatic heterocycles. The number of nitrogens with zero attached hydrogens (tertiary/aromatic N) is 10. The number of thiocarbonyl (C=S) groups is 2. The first-order valence-electron chi connectivity index (χ1n) is 18.3. The molecule has 4 heterocycles. The number of Topliss-reactive ketones (excluding diaryl/α,β-unsaturated/α-hetero) is 4. The van der Waals surface area contributed by atoms with Gasteiger partial charge in [-0.25, -0.2) is 19.9 Å². The van der Waals surface area contributed by atoms with Crippen LogP contribution in [0, 0.1) is 0 Å². The van der Waals surface area contributed by atoms with Crippen molar-refractivity contribution >= 4 is 57.9 Å². The van der Waals surface area contributed by atoms with E-state index in [1.807, 2.05) is 140 Å². The summed E-state index contributed by atoms with van der Waals surface area (Å²) in [6.45, 7) is 6.25. The second-order valence-corrected chi connectivity index (χ2v) is 12.8. The molecule has 320 valence electrons. The fraction of sp³-hybridized carbons (Fsp3) is 0.0870. The summed E-state index contributed by atoms with van der Waals surface area (Å²) in [5, 5.41) is 16.9. The Hall–Kier alpha value is -7.51. The van der Waals surface area contributed by atoms with Crippen molar-refractivity contribution in [2.24, 2.45) is 0 Å². The van der Waals surface area contributed by atoms with Crippen LogP contribution in [-0.4, -0.2) is 71.7 Å². The first kappa shape index (κ1) is 51.6. The van der Waals surface area contributed by atoms with E-state index in [4.69, 9.17) is 10.8 Å². The molecular weight excluding hydrogens is 879 g/mol. The van der Waals surface area contributed by atoms with Crippen LogP contribution < -0.4 is 0 Å². The Morgan fingerprint density at radius 3 is 0.667 bits per heavy atom. The molecule has 8 aromatic rings. The van der Waals surface area contributed by atoms with Crippen LogP contribution in [0.1, 0.15) is 69.1 Å². The number of aromatic nitrogens is 8. The predicted molar refractivity (Wildman–Crippen MR) is 246 cm³/mol. The van der Waals surface area contributed by atoms with Crippen LogP contribution in [0.15, 0.2) is 172 Å². The quantitative estimate of drug-likeness (QED) is 0.0615. The van der Waals surface area contributed by atoms with Crippen molar-refractivity contribution in [1.29, 1.82) is 0 Å². The third kappa shape index (κ3) is 17.6. The van der Waals surface area contributed by atoms with Gasteiger partial charge in [-0.1, -0.05) is 24.4 Å². The zero-order valence-electron chi connectivity index (χ0n) is 34.4. The smallest absolute Gasteiger partial charge is 0.753 e. The summed E-state index contributed by atoms with van der Waals surface area (Å²) in [5.41, 5.74) is 6.95. The molecule has 0 aliphatic heterocycles. The Morgan fingerprint density at radius 2 is 0.556 bits per heavy atom. The van der Waals surface area contributed by atoms with Crippen molar-refractivity contribution < 1.29 is 35.7 Å². The largest absolute Gasteiger partial charge is 2.00 e. The number of benzene rings is 4. The molecule has 14 nitrogen and oxygen atoms in total. The topological polar surface area (TPSA) is 184 Å². The minimum atomic E-state index is 0. The molecule has 0 amide bonds. The molecule has 63 heavy (non-hydrogen) atoms. The molecule has 4 aromatic carbocycles. The molecule has 8 rings (SSSR count). The summed E-state index contributed by atoms with van der Waals surface area (Å²) >= 11 is 7.40. The van der Waals surface area contributed by atoms with Crippen LogP contribution >= 0.6 is 24.4 Å². The first-order valence-corrected chi connectivity index (χ1v) is 19.1. The average molecular weight is 920 g/mol. The molecule has 0 unspecified atom stereocenters. The number of isothiocyanates is 2. The summed E-state index contributed by atoms with van der Waals surface area (Å²) in [7, 11) is 0. The second kappa shape index (κ2) is 28.1. The van der Waals surface area contributed by atoms with Gasteiger partial charge in [0, 0.05) is 94.6 Å². The fourth-order valence-corrected chi connectivity index (χ4v) is 5.12. The van der Waals surface area contributed by atoms with Gasteiger partial charge in [0.1, 0.15) is 0 Å². The van der Waals surface area contributed by atoms with E-state index in [0.717, 1.165) is 45.0 Å². The Morgan fingerprint density at radius 1 is 0.397 bits per heavy atom.